The maximum absolute atomic E-state index is 4.88. The van der Waals surface area contributed by atoms with Gasteiger partial charge in [0.05, 0.1) is 16.7 Å². The van der Waals surface area contributed by atoms with E-state index in [1.165, 1.54) is 22.2 Å². The zero-order valence-corrected chi connectivity index (χ0v) is 13.2. The van der Waals surface area contributed by atoms with E-state index < -0.39 is 0 Å². The largest absolute Gasteiger partial charge is 0.310 e. The van der Waals surface area contributed by atoms with Gasteiger partial charge < -0.3 is 4.57 Å². The Labute approximate surface area is 129 Å². The van der Waals surface area contributed by atoms with Gasteiger partial charge in [0.2, 0.25) is 5.78 Å². The van der Waals surface area contributed by atoms with Crippen LogP contribution in [0.4, 0.5) is 0 Å². The van der Waals surface area contributed by atoms with Crippen molar-refractivity contribution in [2.75, 3.05) is 0 Å². The number of hydrogen-bond donors (Lipinski definition) is 0. The van der Waals surface area contributed by atoms with Gasteiger partial charge in [-0.05, 0) is 44.0 Å². The molecular formula is C19H19N3. The third-order valence-electron chi connectivity index (χ3n) is 4.46. The first-order valence-corrected chi connectivity index (χ1v) is 7.73. The minimum absolute atomic E-state index is 0.917. The Kier molecular flexibility index (Phi) is 2.83. The average molecular weight is 289 g/mol. The molecule has 0 saturated heterocycles. The summed E-state index contributed by atoms with van der Waals surface area (Å²) in [7, 11) is 0. The van der Waals surface area contributed by atoms with Crippen LogP contribution in [0.25, 0.3) is 28.1 Å². The molecule has 0 spiro atoms. The quantitative estimate of drug-likeness (QED) is 0.529. The molecule has 22 heavy (non-hydrogen) atoms. The van der Waals surface area contributed by atoms with E-state index in [2.05, 4.69) is 72.3 Å². The average Bonchev–Trinajstić information content (AvgIpc) is 3.07. The highest BCUT2D eigenvalue weighted by molar-refractivity contribution is 5.83. The van der Waals surface area contributed by atoms with Crippen LogP contribution in [0.2, 0.25) is 0 Å². The fourth-order valence-electron chi connectivity index (χ4n) is 3.10. The molecule has 0 unspecified atom stereocenters. The summed E-state index contributed by atoms with van der Waals surface area (Å²) in [5, 5.41) is 0. The van der Waals surface area contributed by atoms with E-state index in [9.17, 15) is 0 Å². The molecule has 2 heterocycles. The second-order valence-electron chi connectivity index (χ2n) is 5.83. The van der Waals surface area contributed by atoms with Gasteiger partial charge in [0.25, 0.3) is 0 Å². The van der Waals surface area contributed by atoms with Gasteiger partial charge >= 0.3 is 0 Å². The van der Waals surface area contributed by atoms with Crippen molar-refractivity contribution < 1.29 is 0 Å². The first-order chi connectivity index (χ1) is 10.7. The minimum Gasteiger partial charge on any atom is -0.310 e. The van der Waals surface area contributed by atoms with Crippen molar-refractivity contribution in [2.45, 2.75) is 27.3 Å². The molecule has 0 atom stereocenters. The molecule has 0 fully saturated rings. The zero-order valence-electron chi connectivity index (χ0n) is 13.2. The van der Waals surface area contributed by atoms with Gasteiger partial charge in [-0.15, -0.1) is 0 Å². The van der Waals surface area contributed by atoms with Crippen LogP contribution in [0.15, 0.2) is 48.7 Å². The van der Waals surface area contributed by atoms with Crippen molar-refractivity contribution in [1.82, 2.24) is 14.0 Å². The van der Waals surface area contributed by atoms with E-state index in [-0.39, 0.29) is 0 Å². The van der Waals surface area contributed by atoms with E-state index >= 15 is 0 Å². The van der Waals surface area contributed by atoms with Crippen LogP contribution in [0.5, 0.6) is 0 Å². The SMILES string of the molecule is CCn1c2cc(C)c(C)cc2n2cc(-c3ccccc3)nc12. The van der Waals surface area contributed by atoms with E-state index in [0.717, 1.165) is 23.6 Å². The summed E-state index contributed by atoms with van der Waals surface area (Å²) in [6.45, 7) is 7.42. The zero-order chi connectivity index (χ0) is 15.3. The molecule has 0 amide bonds. The van der Waals surface area contributed by atoms with Gasteiger partial charge in [-0.3, -0.25) is 4.40 Å². The Balaban J connectivity index is 2.06. The van der Waals surface area contributed by atoms with Crippen LogP contribution in [0.3, 0.4) is 0 Å². The number of benzene rings is 2. The number of fused-ring (bicyclic) bond motifs is 3. The molecule has 3 heteroatoms. The first-order valence-electron chi connectivity index (χ1n) is 7.73. The lowest BCUT2D eigenvalue weighted by Gasteiger charge is -2.04. The number of aryl methyl sites for hydroxylation is 3. The summed E-state index contributed by atoms with van der Waals surface area (Å²) in [6, 6.07) is 14.9. The number of hydrogen-bond acceptors (Lipinski definition) is 1. The van der Waals surface area contributed by atoms with Crippen molar-refractivity contribution in [2.24, 2.45) is 0 Å². The Bertz CT molecular complexity index is 974. The third kappa shape index (κ3) is 1.78. The summed E-state index contributed by atoms with van der Waals surface area (Å²) in [5.41, 5.74) is 7.31. The Morgan fingerprint density at radius 1 is 0.955 bits per heavy atom. The topological polar surface area (TPSA) is 22.2 Å². The molecule has 0 saturated carbocycles. The molecular weight excluding hydrogens is 270 g/mol. The molecule has 0 radical (unpaired) electrons. The number of aromatic nitrogens is 3. The summed E-state index contributed by atoms with van der Waals surface area (Å²) >= 11 is 0. The van der Waals surface area contributed by atoms with Crippen LogP contribution in [-0.4, -0.2) is 14.0 Å². The molecule has 2 aromatic carbocycles. The predicted molar refractivity (Wildman–Crippen MR) is 91.3 cm³/mol. The van der Waals surface area contributed by atoms with Crippen molar-refractivity contribution in [3.8, 4) is 11.3 Å². The molecule has 3 nitrogen and oxygen atoms in total. The lowest BCUT2D eigenvalue weighted by molar-refractivity contribution is 0.807. The van der Waals surface area contributed by atoms with Gasteiger partial charge in [-0.1, -0.05) is 30.3 Å². The number of rotatable bonds is 2. The Hall–Kier alpha value is -2.55. The highest BCUT2D eigenvalue weighted by Crippen LogP contribution is 2.27. The molecule has 0 N–H and O–H groups in total. The number of imidazole rings is 2. The van der Waals surface area contributed by atoms with Crippen LogP contribution in [-0.2, 0) is 6.54 Å². The summed E-state index contributed by atoms with van der Waals surface area (Å²) in [6.07, 6.45) is 2.15. The predicted octanol–water partition coefficient (Wildman–Crippen LogP) is 4.59. The van der Waals surface area contributed by atoms with Crippen molar-refractivity contribution in [3.63, 3.8) is 0 Å². The standard InChI is InChI=1S/C19H19N3/c1-4-21-17-10-13(2)14(3)11-18(17)22-12-16(20-19(21)22)15-8-6-5-7-9-15/h5-12H,4H2,1-3H3. The molecule has 0 aliphatic heterocycles. The van der Waals surface area contributed by atoms with Crippen LogP contribution in [0, 0.1) is 13.8 Å². The van der Waals surface area contributed by atoms with Crippen LogP contribution < -0.4 is 0 Å². The van der Waals surface area contributed by atoms with Gasteiger partial charge in [0, 0.05) is 18.3 Å². The second kappa shape index (κ2) is 4.73. The van der Waals surface area contributed by atoms with Crippen LogP contribution >= 0.6 is 0 Å². The fraction of sp³-hybridized carbons (Fsp3) is 0.211. The second-order valence-corrected chi connectivity index (χ2v) is 5.83. The van der Waals surface area contributed by atoms with Gasteiger partial charge in [0.1, 0.15) is 0 Å². The third-order valence-corrected chi connectivity index (χ3v) is 4.46. The summed E-state index contributed by atoms with van der Waals surface area (Å²) < 4.78 is 4.50. The normalized spacial score (nSPS) is 11.6. The van der Waals surface area contributed by atoms with Crippen molar-refractivity contribution in [3.05, 3.63) is 59.8 Å². The molecule has 4 rings (SSSR count). The maximum Gasteiger partial charge on any atom is 0.215 e. The molecule has 0 bridgehead atoms. The lowest BCUT2D eigenvalue weighted by Crippen LogP contribution is -1.95. The smallest absolute Gasteiger partial charge is 0.215 e. The van der Waals surface area contributed by atoms with Gasteiger partial charge in [-0.2, -0.15) is 0 Å². The fourth-order valence-corrected chi connectivity index (χ4v) is 3.10. The molecule has 4 aromatic rings. The molecule has 0 aliphatic carbocycles. The minimum atomic E-state index is 0.917. The molecule has 0 aliphatic rings. The maximum atomic E-state index is 4.88. The van der Waals surface area contributed by atoms with Gasteiger partial charge in [-0.25, -0.2) is 4.98 Å². The summed E-state index contributed by atoms with van der Waals surface area (Å²) in [4.78, 5) is 4.88. The molecule has 110 valence electrons. The molecule has 2 aromatic heterocycles. The summed E-state index contributed by atoms with van der Waals surface area (Å²) in [5.74, 6) is 1.02. The van der Waals surface area contributed by atoms with E-state index in [1.54, 1.807) is 0 Å². The first kappa shape index (κ1) is 13.1. The van der Waals surface area contributed by atoms with Crippen molar-refractivity contribution in [1.29, 1.82) is 0 Å². The lowest BCUT2D eigenvalue weighted by atomic mass is 10.1. The van der Waals surface area contributed by atoms with Crippen molar-refractivity contribution >= 4 is 16.8 Å². The number of nitrogens with zero attached hydrogens (tertiary/aromatic N) is 3. The Morgan fingerprint density at radius 3 is 2.32 bits per heavy atom. The Morgan fingerprint density at radius 2 is 1.64 bits per heavy atom. The monoisotopic (exact) mass is 289 g/mol. The highest BCUT2D eigenvalue weighted by Gasteiger charge is 2.14. The van der Waals surface area contributed by atoms with Gasteiger partial charge in [0.15, 0.2) is 0 Å². The van der Waals surface area contributed by atoms with E-state index in [4.69, 9.17) is 4.98 Å². The van der Waals surface area contributed by atoms with Crippen LogP contribution in [0.1, 0.15) is 18.1 Å². The van der Waals surface area contributed by atoms with E-state index in [0.29, 0.717) is 0 Å². The highest BCUT2D eigenvalue weighted by atomic mass is 15.2. The van der Waals surface area contributed by atoms with E-state index in [1.807, 2.05) is 6.07 Å².